The third kappa shape index (κ3) is 2.35. The maximum atomic E-state index is 5.96. The monoisotopic (exact) mass is 253 g/mol. The lowest BCUT2D eigenvalue weighted by Crippen LogP contribution is -2.11. The number of anilines is 2. The summed E-state index contributed by atoms with van der Waals surface area (Å²) >= 11 is 0. The second-order valence-corrected chi connectivity index (χ2v) is 4.32. The van der Waals surface area contributed by atoms with Gasteiger partial charge in [-0.3, -0.25) is 9.67 Å². The summed E-state index contributed by atoms with van der Waals surface area (Å²) < 4.78 is 1.89. The molecule has 96 valence electrons. The van der Waals surface area contributed by atoms with Crippen molar-refractivity contribution in [2.75, 3.05) is 17.6 Å². The van der Waals surface area contributed by atoms with E-state index in [2.05, 4.69) is 15.4 Å². The molecule has 5 heteroatoms. The third-order valence-electron chi connectivity index (χ3n) is 3.07. The zero-order valence-electron chi connectivity index (χ0n) is 10.5. The van der Waals surface area contributed by atoms with E-state index >= 15 is 0 Å². The van der Waals surface area contributed by atoms with Gasteiger partial charge in [-0.2, -0.15) is 5.10 Å². The number of hydrogen-bond donors (Lipinski definition) is 2. The maximum absolute atomic E-state index is 5.96. The molecule has 0 aliphatic rings. The summed E-state index contributed by atoms with van der Waals surface area (Å²) in [6.45, 7) is 1.62. The molecule has 0 saturated carbocycles. The van der Waals surface area contributed by atoms with Crippen molar-refractivity contribution in [1.82, 2.24) is 14.8 Å². The molecule has 0 saturated heterocycles. The van der Waals surface area contributed by atoms with Gasteiger partial charge in [-0.1, -0.05) is 0 Å². The van der Waals surface area contributed by atoms with Crippen LogP contribution in [-0.2, 0) is 6.54 Å². The number of pyridine rings is 1. The van der Waals surface area contributed by atoms with Crippen LogP contribution in [0.5, 0.6) is 0 Å². The minimum absolute atomic E-state index is 0.773. The topological polar surface area (TPSA) is 68.8 Å². The quantitative estimate of drug-likeness (QED) is 0.699. The van der Waals surface area contributed by atoms with E-state index in [0.717, 1.165) is 35.2 Å². The molecule has 0 amide bonds. The van der Waals surface area contributed by atoms with Crippen LogP contribution < -0.4 is 11.1 Å². The molecule has 19 heavy (non-hydrogen) atoms. The summed E-state index contributed by atoms with van der Waals surface area (Å²) in [7, 11) is 0. The Labute approximate surface area is 111 Å². The second-order valence-electron chi connectivity index (χ2n) is 4.32. The number of nitrogens with two attached hydrogens (primary N) is 1. The number of benzene rings is 1. The largest absolute Gasteiger partial charge is 0.398 e. The van der Waals surface area contributed by atoms with Crippen LogP contribution in [0, 0.1) is 0 Å². The molecular formula is C14H15N5. The van der Waals surface area contributed by atoms with E-state index in [1.165, 1.54) is 0 Å². The van der Waals surface area contributed by atoms with Gasteiger partial charge in [0.05, 0.1) is 6.54 Å². The fourth-order valence-corrected chi connectivity index (χ4v) is 2.11. The van der Waals surface area contributed by atoms with Crippen molar-refractivity contribution < 1.29 is 0 Å². The number of fused-ring (bicyclic) bond motifs is 1. The Morgan fingerprint density at radius 2 is 2.11 bits per heavy atom. The van der Waals surface area contributed by atoms with Crippen LogP contribution in [0.1, 0.15) is 0 Å². The molecule has 0 aliphatic heterocycles. The smallest absolute Gasteiger partial charge is 0.0582 e. The first-order valence-corrected chi connectivity index (χ1v) is 6.18. The fraction of sp³-hybridized carbons (Fsp3) is 0.143. The summed E-state index contributed by atoms with van der Waals surface area (Å²) in [6, 6.07) is 7.76. The first-order chi connectivity index (χ1) is 9.34. The van der Waals surface area contributed by atoms with Gasteiger partial charge in [-0.05, 0) is 24.3 Å². The Kier molecular flexibility index (Phi) is 3.02. The lowest BCUT2D eigenvalue weighted by molar-refractivity contribution is 0.638. The Morgan fingerprint density at radius 3 is 2.95 bits per heavy atom. The van der Waals surface area contributed by atoms with Gasteiger partial charge < -0.3 is 11.1 Å². The van der Waals surface area contributed by atoms with Gasteiger partial charge in [0.1, 0.15) is 0 Å². The van der Waals surface area contributed by atoms with Crippen LogP contribution in [0.2, 0.25) is 0 Å². The molecule has 0 aliphatic carbocycles. The van der Waals surface area contributed by atoms with Crippen LogP contribution in [0.15, 0.2) is 49.1 Å². The van der Waals surface area contributed by atoms with Crippen LogP contribution in [0.25, 0.3) is 10.8 Å². The average Bonchev–Trinajstić information content (AvgIpc) is 2.95. The predicted octanol–water partition coefficient (Wildman–Crippen LogP) is 2.13. The van der Waals surface area contributed by atoms with E-state index in [1.54, 1.807) is 12.4 Å². The van der Waals surface area contributed by atoms with E-state index in [4.69, 9.17) is 5.73 Å². The van der Waals surface area contributed by atoms with Gasteiger partial charge in [-0.15, -0.1) is 0 Å². The molecule has 5 nitrogen and oxygen atoms in total. The molecule has 0 unspecified atom stereocenters. The first-order valence-electron chi connectivity index (χ1n) is 6.18. The molecule has 0 fully saturated rings. The highest BCUT2D eigenvalue weighted by Gasteiger charge is 2.03. The highest BCUT2D eigenvalue weighted by molar-refractivity contribution is 6.00. The van der Waals surface area contributed by atoms with E-state index in [0.29, 0.717) is 0 Å². The Bertz CT molecular complexity index is 675. The van der Waals surface area contributed by atoms with Gasteiger partial charge in [0.15, 0.2) is 0 Å². The molecule has 0 spiro atoms. The van der Waals surface area contributed by atoms with Crippen LogP contribution in [-0.4, -0.2) is 21.3 Å². The van der Waals surface area contributed by atoms with E-state index < -0.39 is 0 Å². The number of nitrogen functional groups attached to an aromatic ring is 1. The number of aromatic nitrogens is 3. The number of nitrogens with one attached hydrogen (secondary N) is 1. The van der Waals surface area contributed by atoms with Crippen molar-refractivity contribution in [1.29, 1.82) is 0 Å². The second kappa shape index (κ2) is 4.97. The van der Waals surface area contributed by atoms with Gasteiger partial charge in [0.2, 0.25) is 0 Å². The molecule has 0 radical (unpaired) electrons. The summed E-state index contributed by atoms with van der Waals surface area (Å²) in [5.74, 6) is 0. The number of nitrogens with zero attached hydrogens (tertiary/aromatic N) is 3. The minimum atomic E-state index is 0.773. The molecule has 2 heterocycles. The van der Waals surface area contributed by atoms with Crippen LogP contribution >= 0.6 is 0 Å². The normalized spacial score (nSPS) is 10.7. The first kappa shape index (κ1) is 11.5. The zero-order chi connectivity index (χ0) is 13.1. The van der Waals surface area contributed by atoms with Gasteiger partial charge in [-0.25, -0.2) is 0 Å². The highest BCUT2D eigenvalue weighted by atomic mass is 15.3. The zero-order valence-corrected chi connectivity index (χ0v) is 10.5. The fourth-order valence-electron chi connectivity index (χ4n) is 2.11. The molecule has 0 bridgehead atoms. The summed E-state index contributed by atoms with van der Waals surface area (Å²) in [5, 5.41) is 9.64. The minimum Gasteiger partial charge on any atom is -0.398 e. The van der Waals surface area contributed by atoms with Crippen molar-refractivity contribution in [3.8, 4) is 0 Å². The van der Waals surface area contributed by atoms with Crippen LogP contribution in [0.3, 0.4) is 0 Å². The number of hydrogen-bond acceptors (Lipinski definition) is 4. The third-order valence-corrected chi connectivity index (χ3v) is 3.07. The average molecular weight is 253 g/mol. The van der Waals surface area contributed by atoms with Crippen molar-refractivity contribution in [2.24, 2.45) is 0 Å². The molecular weight excluding hydrogens is 238 g/mol. The Balaban J connectivity index is 1.79. The van der Waals surface area contributed by atoms with Crippen LogP contribution in [0.4, 0.5) is 11.4 Å². The maximum Gasteiger partial charge on any atom is 0.0582 e. The summed E-state index contributed by atoms with van der Waals surface area (Å²) in [5.41, 5.74) is 7.78. The van der Waals surface area contributed by atoms with Gasteiger partial charge in [0.25, 0.3) is 0 Å². The van der Waals surface area contributed by atoms with Gasteiger partial charge >= 0.3 is 0 Å². The van der Waals surface area contributed by atoms with Crippen molar-refractivity contribution >= 4 is 22.1 Å². The van der Waals surface area contributed by atoms with Crippen molar-refractivity contribution in [3.63, 3.8) is 0 Å². The molecule has 2 aromatic heterocycles. The van der Waals surface area contributed by atoms with Crippen molar-refractivity contribution in [2.45, 2.75) is 6.54 Å². The summed E-state index contributed by atoms with van der Waals surface area (Å²) in [4.78, 5) is 4.16. The standard InChI is InChI=1S/C14H15N5/c15-13-2-3-14(12-10-16-6-4-11(12)13)17-7-9-19-8-1-5-18-19/h1-6,8,10,17H,7,9,15H2. The lowest BCUT2D eigenvalue weighted by Gasteiger charge is -2.11. The molecule has 3 aromatic rings. The van der Waals surface area contributed by atoms with E-state index in [9.17, 15) is 0 Å². The number of rotatable bonds is 4. The lowest BCUT2D eigenvalue weighted by atomic mass is 10.1. The molecule has 0 atom stereocenters. The molecule has 3 rings (SSSR count). The molecule has 3 N–H and O–H groups in total. The highest BCUT2D eigenvalue weighted by Crippen LogP contribution is 2.27. The molecule has 1 aromatic carbocycles. The van der Waals surface area contributed by atoms with Crippen molar-refractivity contribution in [3.05, 3.63) is 49.1 Å². The van der Waals surface area contributed by atoms with E-state index in [1.807, 2.05) is 41.3 Å². The van der Waals surface area contributed by atoms with E-state index in [-0.39, 0.29) is 0 Å². The Hall–Kier alpha value is -2.56. The Morgan fingerprint density at radius 1 is 1.16 bits per heavy atom. The van der Waals surface area contributed by atoms with Gasteiger partial charge in [0, 0.05) is 53.5 Å². The SMILES string of the molecule is Nc1ccc(NCCn2cccn2)c2cnccc12. The predicted molar refractivity (Wildman–Crippen MR) is 76.9 cm³/mol. The summed E-state index contributed by atoms with van der Waals surface area (Å²) in [6.07, 6.45) is 7.32.